The van der Waals surface area contributed by atoms with Gasteiger partial charge in [-0.3, -0.25) is 9.69 Å². The number of carbonyl (C=O) groups is 1. The Bertz CT molecular complexity index is 899. The van der Waals surface area contributed by atoms with Crippen LogP contribution in [0.5, 0.6) is 0 Å². The number of hydrogen-bond donors (Lipinski definition) is 0. The molecule has 3 aromatic carbocycles. The SMILES string of the molecule is C[Si](C)(C)CC(=O)[C@@H]1CCCN1C(c1ccccc1)(c1ccccc1)c1ccccc1. The highest BCUT2D eigenvalue weighted by atomic mass is 28.3. The fraction of sp³-hybridized carbons (Fsp3) is 0.321. The van der Waals surface area contributed by atoms with E-state index in [-0.39, 0.29) is 6.04 Å². The zero-order chi connectivity index (χ0) is 21.9. The molecule has 4 rings (SSSR count). The van der Waals surface area contributed by atoms with Gasteiger partial charge in [0.15, 0.2) is 0 Å². The van der Waals surface area contributed by atoms with Gasteiger partial charge in [0.05, 0.1) is 19.7 Å². The van der Waals surface area contributed by atoms with Crippen LogP contribution in [0.1, 0.15) is 29.5 Å². The van der Waals surface area contributed by atoms with Gasteiger partial charge in [0, 0.05) is 12.6 Å². The summed E-state index contributed by atoms with van der Waals surface area (Å²) in [5.74, 6) is 0.420. The summed E-state index contributed by atoms with van der Waals surface area (Å²) in [6.07, 6.45) is 1.99. The molecule has 0 unspecified atom stereocenters. The van der Waals surface area contributed by atoms with Crippen LogP contribution < -0.4 is 0 Å². The number of ketones is 1. The number of carbonyl (C=O) groups excluding carboxylic acids is 1. The molecular formula is C28H33NOSi. The van der Waals surface area contributed by atoms with E-state index >= 15 is 0 Å². The molecule has 160 valence electrons. The fourth-order valence-corrected chi connectivity index (χ4v) is 6.46. The molecule has 1 aliphatic rings. The molecule has 0 saturated carbocycles. The maximum absolute atomic E-state index is 13.6. The second-order valence-electron chi connectivity index (χ2n) is 9.86. The topological polar surface area (TPSA) is 20.3 Å². The van der Waals surface area contributed by atoms with Gasteiger partial charge in [-0.15, -0.1) is 0 Å². The van der Waals surface area contributed by atoms with E-state index in [9.17, 15) is 4.79 Å². The number of benzene rings is 3. The lowest BCUT2D eigenvalue weighted by molar-refractivity contribution is -0.122. The van der Waals surface area contributed by atoms with Crippen LogP contribution >= 0.6 is 0 Å². The molecule has 0 aromatic heterocycles. The van der Waals surface area contributed by atoms with Crippen molar-refractivity contribution in [1.82, 2.24) is 4.90 Å². The van der Waals surface area contributed by atoms with Crippen LogP contribution in [0.25, 0.3) is 0 Å². The van der Waals surface area contributed by atoms with Gasteiger partial charge in [-0.25, -0.2) is 0 Å². The Hall–Kier alpha value is -2.49. The Labute approximate surface area is 187 Å². The minimum absolute atomic E-state index is 0.0488. The van der Waals surface area contributed by atoms with Crippen LogP contribution in [-0.4, -0.2) is 31.3 Å². The molecule has 1 heterocycles. The van der Waals surface area contributed by atoms with E-state index in [4.69, 9.17) is 0 Å². The lowest BCUT2D eigenvalue weighted by Crippen LogP contribution is -2.53. The molecule has 3 aromatic rings. The summed E-state index contributed by atoms with van der Waals surface area (Å²) in [5, 5.41) is 0. The van der Waals surface area contributed by atoms with E-state index in [2.05, 4.69) is 116 Å². The summed E-state index contributed by atoms with van der Waals surface area (Å²) in [4.78, 5) is 16.1. The van der Waals surface area contributed by atoms with Crippen molar-refractivity contribution in [3.05, 3.63) is 108 Å². The predicted molar refractivity (Wildman–Crippen MR) is 132 cm³/mol. The molecule has 0 amide bonds. The van der Waals surface area contributed by atoms with Gasteiger partial charge in [-0.1, -0.05) is 111 Å². The summed E-state index contributed by atoms with van der Waals surface area (Å²) in [6, 6.07) is 32.9. The average molecular weight is 428 g/mol. The maximum atomic E-state index is 13.6. The highest BCUT2D eigenvalue weighted by Gasteiger charge is 2.48. The van der Waals surface area contributed by atoms with Crippen LogP contribution in [-0.2, 0) is 10.3 Å². The van der Waals surface area contributed by atoms with E-state index in [0.29, 0.717) is 5.78 Å². The molecule has 2 nitrogen and oxygen atoms in total. The average Bonchev–Trinajstić information content (AvgIpc) is 3.26. The largest absolute Gasteiger partial charge is 0.298 e. The molecule has 1 fully saturated rings. The van der Waals surface area contributed by atoms with Crippen LogP contribution in [0.4, 0.5) is 0 Å². The summed E-state index contributed by atoms with van der Waals surface area (Å²) in [7, 11) is -1.49. The molecule has 3 heteroatoms. The summed E-state index contributed by atoms with van der Waals surface area (Å²) < 4.78 is 0. The van der Waals surface area contributed by atoms with Gasteiger partial charge in [-0.2, -0.15) is 0 Å². The highest BCUT2D eigenvalue weighted by molar-refractivity contribution is 6.78. The Morgan fingerprint density at radius 3 is 1.61 bits per heavy atom. The zero-order valence-corrected chi connectivity index (χ0v) is 19.9. The van der Waals surface area contributed by atoms with Gasteiger partial charge in [0.25, 0.3) is 0 Å². The van der Waals surface area contributed by atoms with E-state index < -0.39 is 13.6 Å². The molecule has 1 saturated heterocycles. The van der Waals surface area contributed by atoms with Crippen molar-refractivity contribution in [2.24, 2.45) is 0 Å². The lowest BCUT2D eigenvalue weighted by Gasteiger charge is -2.46. The first kappa shape index (κ1) is 21.7. The number of likely N-dealkylation sites (tertiary alicyclic amines) is 1. The van der Waals surface area contributed by atoms with Crippen molar-refractivity contribution in [3.8, 4) is 0 Å². The van der Waals surface area contributed by atoms with Gasteiger partial charge in [0.1, 0.15) is 5.78 Å². The van der Waals surface area contributed by atoms with Crippen LogP contribution in [0.15, 0.2) is 91.0 Å². The first-order chi connectivity index (χ1) is 14.9. The third kappa shape index (κ3) is 4.30. The third-order valence-corrected chi connectivity index (χ3v) is 7.74. The molecule has 0 bridgehead atoms. The number of hydrogen-bond acceptors (Lipinski definition) is 2. The van der Waals surface area contributed by atoms with Crippen LogP contribution in [0, 0.1) is 0 Å². The Kier molecular flexibility index (Phi) is 6.26. The molecular weight excluding hydrogens is 394 g/mol. The van der Waals surface area contributed by atoms with Crippen molar-refractivity contribution < 1.29 is 4.79 Å². The van der Waals surface area contributed by atoms with E-state index in [1.54, 1.807) is 0 Å². The summed E-state index contributed by atoms with van der Waals surface area (Å²) >= 11 is 0. The number of rotatable bonds is 7. The Morgan fingerprint density at radius 1 is 0.806 bits per heavy atom. The number of nitrogens with zero attached hydrogens (tertiary/aromatic N) is 1. The van der Waals surface area contributed by atoms with Crippen LogP contribution in [0.3, 0.4) is 0 Å². The van der Waals surface area contributed by atoms with Gasteiger partial charge in [0.2, 0.25) is 0 Å². The fourth-order valence-electron chi connectivity index (χ4n) is 5.18. The lowest BCUT2D eigenvalue weighted by atomic mass is 9.75. The van der Waals surface area contributed by atoms with E-state index in [1.165, 1.54) is 16.7 Å². The summed E-state index contributed by atoms with van der Waals surface area (Å²) in [5.41, 5.74) is 3.18. The Balaban J connectivity index is 1.95. The van der Waals surface area contributed by atoms with Gasteiger partial charge >= 0.3 is 0 Å². The highest BCUT2D eigenvalue weighted by Crippen LogP contribution is 2.46. The van der Waals surface area contributed by atoms with Crippen molar-refractivity contribution in [3.63, 3.8) is 0 Å². The van der Waals surface area contributed by atoms with Crippen molar-refractivity contribution in [2.45, 2.75) is 50.1 Å². The first-order valence-electron chi connectivity index (χ1n) is 11.4. The van der Waals surface area contributed by atoms with Crippen LogP contribution in [0.2, 0.25) is 25.7 Å². The molecule has 31 heavy (non-hydrogen) atoms. The standard InChI is InChI=1S/C28H33NOSi/c1-31(2,3)22-27(30)26-20-13-21-29(26)28(23-14-7-4-8-15-23,24-16-9-5-10-17-24)25-18-11-6-12-19-25/h4-12,14-19,26H,13,20-22H2,1-3H3/t26-/m0/s1. The Morgan fingerprint density at radius 2 is 1.23 bits per heavy atom. The maximum Gasteiger partial charge on any atom is 0.147 e. The second kappa shape index (κ2) is 8.94. The van der Waals surface area contributed by atoms with Gasteiger partial charge < -0.3 is 0 Å². The van der Waals surface area contributed by atoms with Crippen molar-refractivity contribution in [1.29, 1.82) is 0 Å². The van der Waals surface area contributed by atoms with Crippen molar-refractivity contribution in [2.75, 3.05) is 6.54 Å². The number of Topliss-reactive ketones (excluding diaryl/α,β-unsaturated/α-hetero) is 1. The molecule has 0 aliphatic carbocycles. The minimum Gasteiger partial charge on any atom is -0.298 e. The third-order valence-electron chi connectivity index (χ3n) is 6.33. The molecule has 0 radical (unpaired) electrons. The smallest absolute Gasteiger partial charge is 0.147 e. The molecule has 1 aliphatic heterocycles. The van der Waals surface area contributed by atoms with E-state index in [0.717, 1.165) is 25.4 Å². The van der Waals surface area contributed by atoms with E-state index in [1.807, 2.05) is 0 Å². The monoisotopic (exact) mass is 427 g/mol. The molecule has 0 N–H and O–H groups in total. The summed E-state index contributed by atoms with van der Waals surface area (Å²) in [6.45, 7) is 7.80. The predicted octanol–water partition coefficient (Wildman–Crippen LogP) is 6.35. The quantitative estimate of drug-likeness (QED) is 0.323. The second-order valence-corrected chi connectivity index (χ2v) is 15.3. The minimum atomic E-state index is -1.49. The zero-order valence-electron chi connectivity index (χ0n) is 18.9. The normalized spacial score (nSPS) is 17.6. The molecule has 1 atom stereocenters. The molecule has 0 spiro atoms. The van der Waals surface area contributed by atoms with Crippen molar-refractivity contribution >= 4 is 13.9 Å². The van der Waals surface area contributed by atoms with Gasteiger partial charge in [-0.05, 0) is 29.5 Å². The first-order valence-corrected chi connectivity index (χ1v) is 15.1.